The largest absolute Gasteiger partial charge is 0.345 e. The molecule has 0 amide bonds. The summed E-state index contributed by atoms with van der Waals surface area (Å²) in [7, 11) is 0. The molecule has 9 heteroatoms. The van der Waals surface area contributed by atoms with E-state index >= 15 is 0 Å². The monoisotopic (exact) mass is 413 g/mol. The van der Waals surface area contributed by atoms with Gasteiger partial charge in [-0.25, -0.2) is 15.0 Å². The maximum absolute atomic E-state index is 12.5. The highest BCUT2D eigenvalue weighted by Crippen LogP contribution is 2.27. The van der Waals surface area contributed by atoms with Crippen molar-refractivity contribution in [3.8, 4) is 0 Å². The van der Waals surface area contributed by atoms with Gasteiger partial charge in [0, 0.05) is 4.88 Å². The van der Waals surface area contributed by atoms with Crippen LogP contribution in [0.5, 0.6) is 0 Å². The van der Waals surface area contributed by atoms with Crippen LogP contribution in [0, 0.1) is 13.8 Å². The van der Waals surface area contributed by atoms with Crippen LogP contribution in [0.4, 0.5) is 5.82 Å². The number of H-pyrrole nitrogens is 1. The number of fused-ring (bicyclic) bond motifs is 2. The Morgan fingerprint density at radius 3 is 2.86 bits per heavy atom. The second-order valence-electron chi connectivity index (χ2n) is 7.23. The minimum absolute atomic E-state index is 0.0132. The fourth-order valence-electron chi connectivity index (χ4n) is 3.86. The number of aromatic nitrogens is 4. The lowest BCUT2D eigenvalue weighted by molar-refractivity contribution is -0.915. The van der Waals surface area contributed by atoms with Crippen LogP contribution in [-0.2, 0) is 6.54 Å². The number of hydrogen-bond donors (Lipinski definition) is 2. The molecule has 4 aromatic rings. The molecule has 0 spiro atoms. The zero-order chi connectivity index (χ0) is 19.3. The lowest BCUT2D eigenvalue weighted by Gasteiger charge is -2.32. The van der Waals surface area contributed by atoms with E-state index < -0.39 is 0 Å². The van der Waals surface area contributed by atoms with Gasteiger partial charge in [-0.3, -0.25) is 4.79 Å². The van der Waals surface area contributed by atoms with E-state index in [4.69, 9.17) is 4.98 Å². The predicted octanol–water partition coefficient (Wildman–Crippen LogP) is 1.51. The Labute approximate surface area is 169 Å². The molecule has 5 rings (SSSR count). The van der Waals surface area contributed by atoms with E-state index in [2.05, 4.69) is 31.3 Å². The van der Waals surface area contributed by atoms with Crippen molar-refractivity contribution in [3.05, 3.63) is 44.4 Å². The van der Waals surface area contributed by atoms with E-state index in [0.717, 1.165) is 75.2 Å². The highest BCUT2D eigenvalue weighted by Gasteiger charge is 2.24. The van der Waals surface area contributed by atoms with Gasteiger partial charge in [-0.2, -0.15) is 0 Å². The molecule has 1 aliphatic heterocycles. The molecule has 0 radical (unpaired) electrons. The van der Waals surface area contributed by atoms with E-state index in [1.54, 1.807) is 29.0 Å². The maximum atomic E-state index is 12.5. The summed E-state index contributed by atoms with van der Waals surface area (Å²) in [6, 6.07) is 2.10. The summed E-state index contributed by atoms with van der Waals surface area (Å²) in [6.07, 6.45) is 1.66. The minimum atomic E-state index is -0.0132. The van der Waals surface area contributed by atoms with Crippen molar-refractivity contribution in [1.29, 1.82) is 0 Å². The Bertz CT molecular complexity index is 1220. The van der Waals surface area contributed by atoms with Crippen LogP contribution in [0.1, 0.15) is 16.3 Å². The van der Waals surface area contributed by atoms with Gasteiger partial charge in [-0.15, -0.1) is 22.7 Å². The Hall–Kier alpha value is -2.36. The SMILES string of the molecule is Cc1sc2nc(C[NH+]3CCN(c4ncnc5sccc45)CC3)[nH]c(=O)c2c1C. The third-order valence-electron chi connectivity index (χ3n) is 5.52. The molecule has 144 valence electrons. The van der Waals surface area contributed by atoms with Gasteiger partial charge in [-0.05, 0) is 30.9 Å². The number of thiophene rings is 2. The Balaban J connectivity index is 1.32. The molecular weight excluding hydrogens is 392 g/mol. The molecular formula is C19H21N6OS2+. The second kappa shape index (κ2) is 6.91. The number of anilines is 1. The number of quaternary nitrogens is 1. The van der Waals surface area contributed by atoms with E-state index in [0.29, 0.717) is 0 Å². The first-order valence-electron chi connectivity index (χ1n) is 9.36. The van der Waals surface area contributed by atoms with Crippen molar-refractivity contribution in [2.24, 2.45) is 0 Å². The number of aromatic amines is 1. The van der Waals surface area contributed by atoms with Crippen molar-refractivity contribution < 1.29 is 4.90 Å². The first kappa shape index (κ1) is 17.7. The fraction of sp³-hybridized carbons (Fsp3) is 0.368. The summed E-state index contributed by atoms with van der Waals surface area (Å²) < 4.78 is 0. The quantitative estimate of drug-likeness (QED) is 0.532. The molecule has 5 heterocycles. The summed E-state index contributed by atoms with van der Waals surface area (Å²) in [6.45, 7) is 8.62. The van der Waals surface area contributed by atoms with Crippen molar-refractivity contribution in [2.75, 3.05) is 31.1 Å². The molecule has 28 heavy (non-hydrogen) atoms. The Kier molecular flexibility index (Phi) is 4.37. The van der Waals surface area contributed by atoms with Gasteiger partial charge in [0.25, 0.3) is 5.56 Å². The third-order valence-corrected chi connectivity index (χ3v) is 7.44. The molecule has 0 atom stereocenters. The summed E-state index contributed by atoms with van der Waals surface area (Å²) >= 11 is 3.26. The molecule has 0 aliphatic carbocycles. The van der Waals surface area contributed by atoms with Crippen LogP contribution in [-0.4, -0.2) is 46.1 Å². The van der Waals surface area contributed by atoms with Gasteiger partial charge in [0.2, 0.25) is 0 Å². The Morgan fingerprint density at radius 1 is 1.21 bits per heavy atom. The van der Waals surface area contributed by atoms with Gasteiger partial charge >= 0.3 is 0 Å². The number of piperazine rings is 1. The number of hydrogen-bond acceptors (Lipinski definition) is 7. The lowest BCUT2D eigenvalue weighted by Crippen LogP contribution is -3.13. The molecule has 0 aromatic carbocycles. The van der Waals surface area contributed by atoms with E-state index in [-0.39, 0.29) is 5.56 Å². The van der Waals surface area contributed by atoms with Gasteiger partial charge < -0.3 is 14.8 Å². The third kappa shape index (κ3) is 2.99. The minimum Gasteiger partial charge on any atom is -0.345 e. The van der Waals surface area contributed by atoms with Crippen molar-refractivity contribution in [2.45, 2.75) is 20.4 Å². The van der Waals surface area contributed by atoms with E-state index in [1.165, 1.54) is 4.90 Å². The Morgan fingerprint density at radius 2 is 2.04 bits per heavy atom. The van der Waals surface area contributed by atoms with Crippen LogP contribution in [0.25, 0.3) is 20.4 Å². The van der Waals surface area contributed by atoms with Crippen LogP contribution < -0.4 is 15.4 Å². The average molecular weight is 414 g/mol. The van der Waals surface area contributed by atoms with Gasteiger partial charge in [0.05, 0.1) is 37.0 Å². The molecule has 2 N–H and O–H groups in total. The molecule has 1 fully saturated rings. The first-order chi connectivity index (χ1) is 13.6. The van der Waals surface area contributed by atoms with Crippen LogP contribution in [0.15, 0.2) is 22.6 Å². The van der Waals surface area contributed by atoms with E-state index in [1.807, 2.05) is 13.8 Å². The van der Waals surface area contributed by atoms with Crippen molar-refractivity contribution in [3.63, 3.8) is 0 Å². The maximum Gasteiger partial charge on any atom is 0.260 e. The highest BCUT2D eigenvalue weighted by molar-refractivity contribution is 7.18. The number of aryl methyl sites for hydroxylation is 2. The highest BCUT2D eigenvalue weighted by atomic mass is 32.1. The standard InChI is InChI=1S/C19H20N6OS2/c1-11-12(2)28-19-15(11)17(26)22-14(23-19)9-24-4-6-25(7-5-24)16-13-3-8-27-18(13)21-10-20-16/h3,8,10H,4-7,9H2,1-2H3,(H,22,23,26)/p+1. The molecule has 0 unspecified atom stereocenters. The molecule has 0 bridgehead atoms. The van der Waals surface area contributed by atoms with Crippen LogP contribution in [0.2, 0.25) is 0 Å². The summed E-state index contributed by atoms with van der Waals surface area (Å²) in [5.41, 5.74) is 1.03. The molecule has 1 saturated heterocycles. The van der Waals surface area contributed by atoms with Crippen molar-refractivity contribution in [1.82, 2.24) is 19.9 Å². The van der Waals surface area contributed by atoms with E-state index in [9.17, 15) is 4.79 Å². The smallest absolute Gasteiger partial charge is 0.260 e. The van der Waals surface area contributed by atoms with Gasteiger partial charge in [0.1, 0.15) is 28.4 Å². The average Bonchev–Trinajstić information content (AvgIpc) is 3.27. The normalized spacial score (nSPS) is 15.7. The first-order valence-corrected chi connectivity index (χ1v) is 11.1. The molecule has 4 aromatic heterocycles. The molecule has 1 aliphatic rings. The number of rotatable bonds is 3. The van der Waals surface area contributed by atoms with Crippen molar-refractivity contribution >= 4 is 48.9 Å². The van der Waals surface area contributed by atoms with Gasteiger partial charge in [0.15, 0.2) is 5.82 Å². The zero-order valence-corrected chi connectivity index (χ0v) is 17.4. The summed E-state index contributed by atoms with van der Waals surface area (Å²) in [4.78, 5) is 35.9. The van der Waals surface area contributed by atoms with Crippen LogP contribution in [0.3, 0.4) is 0 Å². The van der Waals surface area contributed by atoms with Gasteiger partial charge in [-0.1, -0.05) is 0 Å². The number of nitrogens with zero attached hydrogens (tertiary/aromatic N) is 4. The fourth-order valence-corrected chi connectivity index (χ4v) is 5.64. The predicted molar refractivity (Wildman–Crippen MR) is 114 cm³/mol. The second-order valence-corrected chi connectivity index (χ2v) is 9.32. The molecule has 0 saturated carbocycles. The lowest BCUT2D eigenvalue weighted by atomic mass is 10.2. The molecule has 7 nitrogen and oxygen atoms in total. The number of nitrogens with one attached hydrogen (secondary N) is 2. The zero-order valence-electron chi connectivity index (χ0n) is 15.8. The van der Waals surface area contributed by atoms with Crippen LogP contribution >= 0.6 is 22.7 Å². The summed E-state index contributed by atoms with van der Waals surface area (Å²) in [5.74, 6) is 1.81. The summed E-state index contributed by atoms with van der Waals surface area (Å²) in [5, 5.41) is 3.95. The topological polar surface area (TPSA) is 79.2 Å².